The van der Waals surface area contributed by atoms with Crippen molar-refractivity contribution < 1.29 is 4.74 Å². The second kappa shape index (κ2) is 6.03. The number of rotatable bonds is 6. The van der Waals surface area contributed by atoms with Gasteiger partial charge in [-0.25, -0.2) is 0 Å². The Kier molecular flexibility index (Phi) is 5.80. The van der Waals surface area contributed by atoms with Gasteiger partial charge >= 0.3 is 0 Å². The minimum atomic E-state index is 0.324. The molecule has 2 heteroatoms. The van der Waals surface area contributed by atoms with Gasteiger partial charge < -0.3 is 9.64 Å². The third-order valence-corrected chi connectivity index (χ3v) is 2.03. The Morgan fingerprint density at radius 1 is 1.38 bits per heavy atom. The van der Waals surface area contributed by atoms with Crippen LogP contribution < -0.4 is 0 Å². The fourth-order valence-electron chi connectivity index (χ4n) is 1.10. The molecule has 0 aromatic carbocycles. The monoisotopic (exact) mass is 185 g/mol. The zero-order chi connectivity index (χ0) is 10.4. The molecule has 0 amide bonds. The molecule has 1 atom stereocenters. The zero-order valence-corrected chi connectivity index (χ0v) is 9.63. The van der Waals surface area contributed by atoms with Crippen LogP contribution in [0.4, 0.5) is 0 Å². The Morgan fingerprint density at radius 2 is 1.92 bits per heavy atom. The number of hydrogen-bond donors (Lipinski definition) is 0. The molecule has 13 heavy (non-hydrogen) atoms. The van der Waals surface area contributed by atoms with E-state index in [0.717, 1.165) is 18.7 Å². The predicted molar refractivity (Wildman–Crippen MR) is 57.7 cm³/mol. The fourth-order valence-corrected chi connectivity index (χ4v) is 1.10. The summed E-state index contributed by atoms with van der Waals surface area (Å²) in [6.45, 7) is 13.2. The lowest BCUT2D eigenvalue weighted by Crippen LogP contribution is -2.23. The Morgan fingerprint density at radius 3 is 2.31 bits per heavy atom. The summed E-state index contributed by atoms with van der Waals surface area (Å²) in [5, 5.41) is 0. The van der Waals surface area contributed by atoms with E-state index in [9.17, 15) is 0 Å². The van der Waals surface area contributed by atoms with Gasteiger partial charge in [-0.2, -0.15) is 0 Å². The largest absolute Gasteiger partial charge is 0.378 e. The van der Waals surface area contributed by atoms with Crippen molar-refractivity contribution in [2.45, 2.75) is 46.3 Å². The Bertz CT molecular complexity index is 154. The first-order chi connectivity index (χ1) is 5.93. The molecule has 1 unspecified atom stereocenters. The van der Waals surface area contributed by atoms with E-state index in [0.29, 0.717) is 12.2 Å². The van der Waals surface area contributed by atoms with Gasteiger partial charge in [0, 0.05) is 19.3 Å². The smallest absolute Gasteiger partial charge is 0.0567 e. The highest BCUT2D eigenvalue weighted by atomic mass is 16.5. The summed E-state index contributed by atoms with van der Waals surface area (Å²) >= 11 is 0. The molecule has 0 heterocycles. The summed E-state index contributed by atoms with van der Waals surface area (Å²) in [6, 6.07) is 0. The Balaban J connectivity index is 3.57. The van der Waals surface area contributed by atoms with Crippen molar-refractivity contribution >= 4 is 0 Å². The molecular weight excluding hydrogens is 162 g/mol. The van der Waals surface area contributed by atoms with Crippen molar-refractivity contribution in [3.8, 4) is 0 Å². The van der Waals surface area contributed by atoms with Crippen LogP contribution in [0.25, 0.3) is 0 Å². The third-order valence-electron chi connectivity index (χ3n) is 2.03. The highest BCUT2D eigenvalue weighted by Crippen LogP contribution is 2.05. The van der Waals surface area contributed by atoms with Gasteiger partial charge in [0.1, 0.15) is 0 Å². The molecule has 0 aromatic rings. The van der Waals surface area contributed by atoms with Gasteiger partial charge in [0.05, 0.1) is 12.2 Å². The first-order valence-corrected chi connectivity index (χ1v) is 4.95. The number of ether oxygens (including phenoxy) is 1. The molecule has 0 bridgehead atoms. The van der Waals surface area contributed by atoms with E-state index >= 15 is 0 Å². The maximum atomic E-state index is 5.62. The van der Waals surface area contributed by atoms with E-state index in [4.69, 9.17) is 4.74 Å². The summed E-state index contributed by atoms with van der Waals surface area (Å²) in [5.41, 5.74) is 1.11. The molecule has 0 saturated heterocycles. The van der Waals surface area contributed by atoms with Crippen LogP contribution in [0, 0.1) is 0 Å². The lowest BCUT2D eigenvalue weighted by atomic mass is 10.2. The third kappa shape index (κ3) is 6.64. The van der Waals surface area contributed by atoms with Crippen LogP contribution in [0.15, 0.2) is 12.3 Å². The van der Waals surface area contributed by atoms with E-state index in [1.807, 2.05) is 6.92 Å². The van der Waals surface area contributed by atoms with Crippen molar-refractivity contribution in [3.63, 3.8) is 0 Å². The average Bonchev–Trinajstić information content (AvgIpc) is 1.98. The SMILES string of the molecule is C=C(C)N(C)CCC(C)OC(C)C. The van der Waals surface area contributed by atoms with Crippen LogP contribution in [-0.2, 0) is 4.74 Å². The molecule has 0 aromatic heterocycles. The maximum absolute atomic E-state index is 5.62. The highest BCUT2D eigenvalue weighted by Gasteiger charge is 2.05. The van der Waals surface area contributed by atoms with E-state index in [2.05, 4.69) is 39.3 Å². The number of allylic oxidation sites excluding steroid dienone is 1. The molecule has 78 valence electrons. The first kappa shape index (κ1) is 12.5. The molecule has 2 nitrogen and oxygen atoms in total. The van der Waals surface area contributed by atoms with Gasteiger partial charge in [0.15, 0.2) is 0 Å². The summed E-state index contributed by atoms with van der Waals surface area (Å²) in [5.74, 6) is 0. The summed E-state index contributed by atoms with van der Waals surface area (Å²) in [7, 11) is 2.06. The number of nitrogens with zero attached hydrogens (tertiary/aromatic N) is 1. The van der Waals surface area contributed by atoms with Crippen LogP contribution >= 0.6 is 0 Å². The van der Waals surface area contributed by atoms with Crippen LogP contribution in [0.3, 0.4) is 0 Å². The Hall–Kier alpha value is -0.500. The van der Waals surface area contributed by atoms with E-state index in [1.54, 1.807) is 0 Å². The van der Waals surface area contributed by atoms with Crippen LogP contribution in [-0.4, -0.2) is 30.7 Å². The van der Waals surface area contributed by atoms with Crippen molar-refractivity contribution in [2.75, 3.05) is 13.6 Å². The average molecular weight is 185 g/mol. The normalized spacial score (nSPS) is 13.1. The molecule has 0 rings (SSSR count). The molecule has 0 N–H and O–H groups in total. The van der Waals surface area contributed by atoms with Crippen LogP contribution in [0.2, 0.25) is 0 Å². The Labute approximate surface area is 82.6 Å². The molecule has 0 spiro atoms. The lowest BCUT2D eigenvalue weighted by Gasteiger charge is -2.22. The van der Waals surface area contributed by atoms with Gasteiger partial charge in [-0.3, -0.25) is 0 Å². The second-order valence-corrected chi connectivity index (χ2v) is 3.94. The fraction of sp³-hybridized carbons (Fsp3) is 0.818. The molecule has 0 fully saturated rings. The van der Waals surface area contributed by atoms with Gasteiger partial charge in [-0.15, -0.1) is 0 Å². The summed E-state index contributed by atoms with van der Waals surface area (Å²) in [6.07, 6.45) is 1.72. The van der Waals surface area contributed by atoms with Crippen molar-refractivity contribution in [2.24, 2.45) is 0 Å². The summed E-state index contributed by atoms with van der Waals surface area (Å²) in [4.78, 5) is 2.15. The molecular formula is C11H23NO. The van der Waals surface area contributed by atoms with Gasteiger partial charge in [0.25, 0.3) is 0 Å². The van der Waals surface area contributed by atoms with Crippen LogP contribution in [0.5, 0.6) is 0 Å². The first-order valence-electron chi connectivity index (χ1n) is 4.95. The van der Waals surface area contributed by atoms with Crippen molar-refractivity contribution in [1.82, 2.24) is 4.90 Å². The molecule has 0 saturated carbocycles. The molecule has 0 radical (unpaired) electrons. The van der Waals surface area contributed by atoms with Crippen molar-refractivity contribution in [3.05, 3.63) is 12.3 Å². The molecule has 0 aliphatic carbocycles. The molecule has 0 aliphatic rings. The zero-order valence-electron chi connectivity index (χ0n) is 9.63. The molecule has 0 aliphatic heterocycles. The standard InChI is InChI=1S/C11H23NO/c1-9(2)12(6)8-7-11(5)13-10(3)4/h10-11H,1,7-8H2,2-6H3. The van der Waals surface area contributed by atoms with Crippen molar-refractivity contribution in [1.29, 1.82) is 0 Å². The van der Waals surface area contributed by atoms with E-state index in [-0.39, 0.29) is 0 Å². The van der Waals surface area contributed by atoms with Crippen LogP contribution in [0.1, 0.15) is 34.1 Å². The minimum Gasteiger partial charge on any atom is -0.378 e. The van der Waals surface area contributed by atoms with E-state index in [1.165, 1.54) is 0 Å². The van der Waals surface area contributed by atoms with E-state index < -0.39 is 0 Å². The quantitative estimate of drug-likeness (QED) is 0.631. The van der Waals surface area contributed by atoms with Gasteiger partial charge in [0.2, 0.25) is 0 Å². The van der Waals surface area contributed by atoms with Gasteiger partial charge in [-0.05, 0) is 34.1 Å². The lowest BCUT2D eigenvalue weighted by molar-refractivity contribution is 0.0115. The second-order valence-electron chi connectivity index (χ2n) is 3.94. The summed E-state index contributed by atoms with van der Waals surface area (Å²) < 4.78 is 5.62. The highest BCUT2D eigenvalue weighted by molar-refractivity contribution is 4.85. The topological polar surface area (TPSA) is 12.5 Å². The maximum Gasteiger partial charge on any atom is 0.0567 e. The minimum absolute atomic E-state index is 0.324. The predicted octanol–water partition coefficient (Wildman–Crippen LogP) is 2.66. The number of hydrogen-bond acceptors (Lipinski definition) is 2. The van der Waals surface area contributed by atoms with Gasteiger partial charge in [-0.1, -0.05) is 6.58 Å².